The molecule has 0 saturated heterocycles. The highest BCUT2D eigenvalue weighted by molar-refractivity contribution is 5.89. The maximum absolute atomic E-state index is 12.1. The van der Waals surface area contributed by atoms with Crippen molar-refractivity contribution in [1.29, 1.82) is 0 Å². The van der Waals surface area contributed by atoms with Crippen LogP contribution in [0.5, 0.6) is 5.75 Å². The summed E-state index contributed by atoms with van der Waals surface area (Å²) < 4.78 is 5.37. The van der Waals surface area contributed by atoms with Crippen molar-refractivity contribution in [3.63, 3.8) is 0 Å². The molecule has 3 N–H and O–H groups in total. The van der Waals surface area contributed by atoms with Gasteiger partial charge < -0.3 is 25.4 Å². The van der Waals surface area contributed by atoms with Crippen LogP contribution >= 0.6 is 0 Å². The predicted molar refractivity (Wildman–Crippen MR) is 96.2 cm³/mol. The quantitative estimate of drug-likeness (QED) is 0.716. The number of carbonyl (C=O) groups excluding carboxylic acids is 2. The van der Waals surface area contributed by atoms with E-state index in [0.29, 0.717) is 37.1 Å². The molecule has 142 valence electrons. The lowest BCUT2D eigenvalue weighted by Crippen LogP contribution is -2.40. The van der Waals surface area contributed by atoms with Gasteiger partial charge in [0.2, 0.25) is 0 Å². The molecule has 0 bridgehead atoms. The van der Waals surface area contributed by atoms with Crippen LogP contribution in [0.4, 0.5) is 10.5 Å². The van der Waals surface area contributed by atoms with Crippen molar-refractivity contribution in [1.82, 2.24) is 10.2 Å². The van der Waals surface area contributed by atoms with Gasteiger partial charge in [0.1, 0.15) is 5.75 Å². The van der Waals surface area contributed by atoms with Gasteiger partial charge in [0.25, 0.3) is 5.91 Å². The molecule has 0 aliphatic heterocycles. The monoisotopic (exact) mass is 363 g/mol. The minimum absolute atomic E-state index is 0.00903. The first-order valence-corrected chi connectivity index (χ1v) is 8.58. The lowest BCUT2D eigenvalue weighted by molar-refractivity contribution is -0.142. The summed E-state index contributed by atoms with van der Waals surface area (Å²) in [5.41, 5.74) is 0.605. The third-order valence-corrected chi connectivity index (χ3v) is 4.38. The average Bonchev–Trinajstić information content (AvgIpc) is 2.61. The zero-order valence-corrected chi connectivity index (χ0v) is 15.0. The number of aliphatic carboxylic acids is 1. The van der Waals surface area contributed by atoms with Gasteiger partial charge in [-0.05, 0) is 49.9 Å². The number of carbonyl (C=O) groups is 3. The summed E-state index contributed by atoms with van der Waals surface area (Å²) in [5.74, 6) is -0.659. The van der Waals surface area contributed by atoms with Gasteiger partial charge in [-0.1, -0.05) is 0 Å². The zero-order valence-electron chi connectivity index (χ0n) is 15.0. The lowest BCUT2D eigenvalue weighted by atomic mass is 9.86. The standard InChI is InChI=1S/C18H25N3O5/c1-21(2)16(22)11-26-15-9-7-14(8-10-15)20-18(25)19-13-5-3-12(4-6-13)17(23)24/h7-10,12-13H,3-6,11H2,1-2H3,(H,23,24)(H2,19,20,25). The van der Waals surface area contributed by atoms with Gasteiger partial charge in [-0.25, -0.2) is 4.79 Å². The number of ether oxygens (including phenoxy) is 1. The van der Waals surface area contributed by atoms with Crippen LogP contribution in [-0.4, -0.2) is 54.7 Å². The van der Waals surface area contributed by atoms with E-state index in [0.717, 1.165) is 0 Å². The average molecular weight is 363 g/mol. The van der Waals surface area contributed by atoms with Gasteiger partial charge in [0, 0.05) is 25.8 Å². The molecule has 1 aliphatic rings. The minimum atomic E-state index is -0.762. The van der Waals surface area contributed by atoms with Gasteiger partial charge >= 0.3 is 12.0 Å². The van der Waals surface area contributed by atoms with Crippen LogP contribution in [0, 0.1) is 5.92 Å². The summed E-state index contributed by atoms with van der Waals surface area (Å²) in [6.45, 7) is -0.0424. The van der Waals surface area contributed by atoms with E-state index in [9.17, 15) is 14.4 Å². The van der Waals surface area contributed by atoms with Gasteiger partial charge in [0.05, 0.1) is 5.92 Å². The van der Waals surface area contributed by atoms with Gasteiger partial charge in [0.15, 0.2) is 6.61 Å². The Morgan fingerprint density at radius 1 is 1.12 bits per heavy atom. The first-order valence-electron chi connectivity index (χ1n) is 8.58. The summed E-state index contributed by atoms with van der Waals surface area (Å²) in [6, 6.07) is 6.41. The Morgan fingerprint density at radius 3 is 2.27 bits per heavy atom. The largest absolute Gasteiger partial charge is 0.484 e. The first kappa shape index (κ1) is 19.6. The molecule has 26 heavy (non-hydrogen) atoms. The summed E-state index contributed by atoms with van der Waals surface area (Å²) >= 11 is 0. The van der Waals surface area contributed by atoms with Crippen molar-refractivity contribution in [2.75, 3.05) is 26.0 Å². The summed E-state index contributed by atoms with van der Waals surface area (Å²) in [6.07, 6.45) is 2.49. The van der Waals surface area contributed by atoms with Crippen LogP contribution in [-0.2, 0) is 9.59 Å². The van der Waals surface area contributed by atoms with Crippen LogP contribution in [0.1, 0.15) is 25.7 Å². The van der Waals surface area contributed by atoms with E-state index in [-0.39, 0.29) is 30.5 Å². The van der Waals surface area contributed by atoms with Crippen LogP contribution < -0.4 is 15.4 Å². The highest BCUT2D eigenvalue weighted by atomic mass is 16.5. The van der Waals surface area contributed by atoms with Crippen LogP contribution in [0.25, 0.3) is 0 Å². The van der Waals surface area contributed by atoms with E-state index in [1.807, 2.05) is 0 Å². The summed E-state index contributed by atoms with van der Waals surface area (Å²) in [7, 11) is 3.32. The number of hydrogen-bond acceptors (Lipinski definition) is 4. The fourth-order valence-corrected chi connectivity index (χ4v) is 2.75. The number of rotatable bonds is 6. The molecule has 0 heterocycles. The Kier molecular flexibility index (Phi) is 6.82. The molecule has 0 aromatic heterocycles. The van der Waals surface area contributed by atoms with Gasteiger partial charge in [-0.2, -0.15) is 0 Å². The molecule has 2 rings (SSSR count). The molecule has 1 aromatic carbocycles. The number of nitrogens with zero attached hydrogens (tertiary/aromatic N) is 1. The molecule has 1 fully saturated rings. The topological polar surface area (TPSA) is 108 Å². The molecule has 0 atom stereocenters. The van der Waals surface area contributed by atoms with Crippen molar-refractivity contribution in [2.45, 2.75) is 31.7 Å². The number of urea groups is 1. The minimum Gasteiger partial charge on any atom is -0.484 e. The number of carboxylic acids is 1. The van der Waals surface area contributed by atoms with Crippen molar-refractivity contribution in [3.05, 3.63) is 24.3 Å². The third kappa shape index (κ3) is 5.94. The highest BCUT2D eigenvalue weighted by Gasteiger charge is 2.26. The first-order chi connectivity index (χ1) is 12.3. The summed E-state index contributed by atoms with van der Waals surface area (Å²) in [4.78, 5) is 35.9. The molecule has 1 aromatic rings. The molecular weight excluding hydrogens is 338 g/mol. The zero-order chi connectivity index (χ0) is 19.1. The van der Waals surface area contributed by atoms with Crippen molar-refractivity contribution >= 4 is 23.6 Å². The van der Waals surface area contributed by atoms with Crippen molar-refractivity contribution in [3.8, 4) is 5.75 Å². The maximum Gasteiger partial charge on any atom is 0.319 e. The summed E-state index contributed by atoms with van der Waals surface area (Å²) in [5, 5.41) is 14.6. The van der Waals surface area contributed by atoms with Crippen LogP contribution in [0.15, 0.2) is 24.3 Å². The molecule has 3 amide bonds. The predicted octanol–water partition coefficient (Wildman–Crippen LogP) is 1.92. The second kappa shape index (κ2) is 9.07. The Morgan fingerprint density at radius 2 is 1.73 bits per heavy atom. The van der Waals surface area contributed by atoms with Crippen LogP contribution in [0.2, 0.25) is 0 Å². The number of carboxylic acid groups (broad SMARTS) is 1. The van der Waals surface area contributed by atoms with E-state index in [4.69, 9.17) is 9.84 Å². The Hall–Kier alpha value is -2.77. The smallest absolute Gasteiger partial charge is 0.319 e. The molecule has 0 radical (unpaired) electrons. The van der Waals surface area contributed by atoms with E-state index >= 15 is 0 Å². The van der Waals surface area contributed by atoms with Crippen molar-refractivity contribution in [2.24, 2.45) is 5.92 Å². The lowest BCUT2D eigenvalue weighted by Gasteiger charge is -2.26. The number of likely N-dealkylation sites (N-methyl/N-ethyl adjacent to an activating group) is 1. The molecular formula is C18H25N3O5. The molecule has 0 spiro atoms. The number of nitrogens with one attached hydrogen (secondary N) is 2. The van der Waals surface area contributed by atoms with Crippen LogP contribution in [0.3, 0.4) is 0 Å². The van der Waals surface area contributed by atoms with Gasteiger partial charge in [-0.15, -0.1) is 0 Å². The van der Waals surface area contributed by atoms with Gasteiger partial charge in [-0.3, -0.25) is 9.59 Å². The fourth-order valence-electron chi connectivity index (χ4n) is 2.75. The Balaban J connectivity index is 1.75. The number of anilines is 1. The molecule has 8 heteroatoms. The number of amides is 3. The second-order valence-corrected chi connectivity index (χ2v) is 6.59. The second-order valence-electron chi connectivity index (χ2n) is 6.59. The highest BCUT2D eigenvalue weighted by Crippen LogP contribution is 2.24. The third-order valence-electron chi connectivity index (χ3n) is 4.38. The van der Waals surface area contributed by atoms with Crippen molar-refractivity contribution < 1.29 is 24.2 Å². The molecule has 1 saturated carbocycles. The number of benzene rings is 1. The van der Waals surface area contributed by atoms with E-state index in [2.05, 4.69) is 10.6 Å². The molecule has 0 unspecified atom stereocenters. The fraction of sp³-hybridized carbons (Fsp3) is 0.500. The van der Waals surface area contributed by atoms with E-state index in [1.165, 1.54) is 4.90 Å². The Bertz CT molecular complexity index is 637. The number of hydrogen-bond donors (Lipinski definition) is 3. The molecule has 8 nitrogen and oxygen atoms in total. The maximum atomic E-state index is 12.1. The van der Waals surface area contributed by atoms with E-state index < -0.39 is 5.97 Å². The normalized spacial score (nSPS) is 19.3. The molecule has 1 aliphatic carbocycles. The Labute approximate surface area is 152 Å². The van der Waals surface area contributed by atoms with E-state index in [1.54, 1.807) is 38.4 Å². The SMILES string of the molecule is CN(C)C(=O)COc1ccc(NC(=O)NC2CCC(C(=O)O)CC2)cc1.